The third-order valence-electron chi connectivity index (χ3n) is 6.67. The average Bonchev–Trinajstić information content (AvgIpc) is 2.82. The summed E-state index contributed by atoms with van der Waals surface area (Å²) in [6, 6.07) is 2.91. The standard InChI is InChI=1S/C31H53N3O5/c1-11-12-13-19-32-28(36)26(24-16-14-15-22(6)27(24)35)34(23(7)18-17-20(2)3)29(37)25(21(4)5)33-30(38)39-31(8,9)10/h14-16,20-21,23,25-26,35H,11-13,17-19H2,1-10H3,(H,32,36)(H,33,38). The minimum Gasteiger partial charge on any atom is -0.507 e. The number of nitrogens with one attached hydrogen (secondary N) is 2. The minimum atomic E-state index is -1.07. The van der Waals surface area contributed by atoms with Gasteiger partial charge in [-0.15, -0.1) is 0 Å². The van der Waals surface area contributed by atoms with E-state index in [1.54, 1.807) is 50.8 Å². The summed E-state index contributed by atoms with van der Waals surface area (Å²) in [6.45, 7) is 19.5. The predicted molar refractivity (Wildman–Crippen MR) is 156 cm³/mol. The van der Waals surface area contributed by atoms with Crippen LogP contribution < -0.4 is 10.6 Å². The van der Waals surface area contributed by atoms with Crippen LogP contribution in [0.25, 0.3) is 0 Å². The molecule has 1 rings (SSSR count). The number of phenols is 1. The fourth-order valence-corrected chi connectivity index (χ4v) is 4.42. The molecule has 0 aliphatic heterocycles. The fraction of sp³-hybridized carbons (Fsp3) is 0.710. The van der Waals surface area contributed by atoms with Crippen molar-refractivity contribution in [3.63, 3.8) is 0 Å². The van der Waals surface area contributed by atoms with Crippen LogP contribution in [-0.4, -0.2) is 52.1 Å². The highest BCUT2D eigenvalue weighted by Gasteiger charge is 2.40. The molecule has 0 saturated carbocycles. The molecule has 222 valence electrons. The summed E-state index contributed by atoms with van der Waals surface area (Å²) in [5, 5.41) is 16.8. The number of carbonyl (C=O) groups is 3. The largest absolute Gasteiger partial charge is 0.507 e. The SMILES string of the molecule is CCCCCNC(=O)C(c1cccc(C)c1O)N(C(=O)C(NC(=O)OC(C)(C)C)C(C)C)C(C)CCC(C)C. The number of ether oxygens (including phenoxy) is 1. The minimum absolute atomic E-state index is 0.0127. The maximum atomic E-state index is 14.4. The van der Waals surface area contributed by atoms with Crippen molar-refractivity contribution in [1.82, 2.24) is 15.5 Å². The van der Waals surface area contributed by atoms with Gasteiger partial charge < -0.3 is 25.4 Å². The molecule has 0 aliphatic rings. The normalized spacial score (nSPS) is 14.1. The van der Waals surface area contributed by atoms with Crippen molar-refractivity contribution < 1.29 is 24.2 Å². The summed E-state index contributed by atoms with van der Waals surface area (Å²) >= 11 is 0. The van der Waals surface area contributed by atoms with Gasteiger partial charge in [-0.1, -0.05) is 65.7 Å². The first kappa shape index (κ1) is 34.3. The molecule has 0 bridgehead atoms. The molecule has 3 atom stereocenters. The maximum Gasteiger partial charge on any atom is 0.408 e. The first-order chi connectivity index (χ1) is 18.1. The second-order valence-corrected chi connectivity index (χ2v) is 12.3. The number of carbonyl (C=O) groups excluding carboxylic acids is 3. The first-order valence-electron chi connectivity index (χ1n) is 14.5. The zero-order chi connectivity index (χ0) is 29.9. The van der Waals surface area contributed by atoms with Gasteiger partial charge in [0.25, 0.3) is 0 Å². The topological polar surface area (TPSA) is 108 Å². The van der Waals surface area contributed by atoms with E-state index in [1.165, 1.54) is 0 Å². The summed E-state index contributed by atoms with van der Waals surface area (Å²) in [4.78, 5) is 42.5. The molecule has 0 aliphatic carbocycles. The van der Waals surface area contributed by atoms with Gasteiger partial charge in [0.1, 0.15) is 23.4 Å². The molecular weight excluding hydrogens is 494 g/mol. The number of rotatable bonds is 14. The van der Waals surface area contributed by atoms with E-state index < -0.39 is 23.8 Å². The molecule has 0 aromatic heterocycles. The van der Waals surface area contributed by atoms with Crippen LogP contribution in [0.15, 0.2) is 18.2 Å². The molecule has 1 aromatic rings. The van der Waals surface area contributed by atoms with Crippen molar-refractivity contribution in [1.29, 1.82) is 0 Å². The van der Waals surface area contributed by atoms with E-state index in [-0.39, 0.29) is 29.5 Å². The Labute approximate surface area is 236 Å². The van der Waals surface area contributed by atoms with E-state index in [0.717, 1.165) is 25.7 Å². The van der Waals surface area contributed by atoms with Crippen LogP contribution in [0.4, 0.5) is 4.79 Å². The number of nitrogens with zero attached hydrogens (tertiary/aromatic N) is 1. The molecule has 0 spiro atoms. The van der Waals surface area contributed by atoms with Crippen LogP contribution in [0.1, 0.15) is 112 Å². The third-order valence-corrected chi connectivity index (χ3v) is 6.67. The van der Waals surface area contributed by atoms with Gasteiger partial charge in [0.05, 0.1) is 0 Å². The Morgan fingerprint density at radius 3 is 2.21 bits per heavy atom. The van der Waals surface area contributed by atoms with Gasteiger partial charge in [0.15, 0.2) is 0 Å². The predicted octanol–water partition coefficient (Wildman–Crippen LogP) is 6.25. The number of benzene rings is 1. The summed E-state index contributed by atoms with van der Waals surface area (Å²) in [5.74, 6) is -0.623. The van der Waals surface area contributed by atoms with Crippen molar-refractivity contribution in [2.75, 3.05) is 6.54 Å². The molecule has 0 saturated heterocycles. The van der Waals surface area contributed by atoms with Gasteiger partial charge in [-0.05, 0) is 71.3 Å². The molecule has 8 heteroatoms. The van der Waals surface area contributed by atoms with Crippen LogP contribution in [0, 0.1) is 18.8 Å². The molecule has 0 fully saturated rings. The monoisotopic (exact) mass is 547 g/mol. The lowest BCUT2D eigenvalue weighted by atomic mass is 9.93. The molecule has 3 amide bonds. The van der Waals surface area contributed by atoms with Gasteiger partial charge in [0.2, 0.25) is 11.8 Å². The van der Waals surface area contributed by atoms with E-state index >= 15 is 0 Å². The molecule has 39 heavy (non-hydrogen) atoms. The number of phenolic OH excluding ortho intramolecular Hbond substituents is 1. The number of para-hydroxylation sites is 1. The van der Waals surface area contributed by atoms with Crippen molar-refractivity contribution >= 4 is 17.9 Å². The number of amides is 3. The quantitative estimate of drug-likeness (QED) is 0.239. The lowest BCUT2D eigenvalue weighted by molar-refractivity contribution is -0.146. The zero-order valence-corrected chi connectivity index (χ0v) is 25.9. The Morgan fingerprint density at radius 2 is 1.67 bits per heavy atom. The van der Waals surface area contributed by atoms with Gasteiger partial charge in [-0.25, -0.2) is 4.79 Å². The van der Waals surface area contributed by atoms with E-state index in [2.05, 4.69) is 31.4 Å². The number of unbranched alkanes of at least 4 members (excludes halogenated alkanes) is 2. The highest BCUT2D eigenvalue weighted by molar-refractivity contribution is 5.93. The molecule has 1 aromatic carbocycles. The van der Waals surface area contributed by atoms with E-state index in [1.807, 2.05) is 20.8 Å². The third kappa shape index (κ3) is 11.1. The smallest absolute Gasteiger partial charge is 0.408 e. The highest BCUT2D eigenvalue weighted by Crippen LogP contribution is 2.35. The first-order valence-corrected chi connectivity index (χ1v) is 14.5. The van der Waals surface area contributed by atoms with Crippen LogP contribution in [0.3, 0.4) is 0 Å². The molecule has 3 unspecified atom stereocenters. The average molecular weight is 548 g/mol. The Balaban J connectivity index is 3.63. The number of hydrogen-bond acceptors (Lipinski definition) is 5. The van der Waals surface area contributed by atoms with E-state index in [0.29, 0.717) is 30.0 Å². The van der Waals surface area contributed by atoms with Crippen LogP contribution >= 0.6 is 0 Å². The number of alkyl carbamates (subject to hydrolysis) is 1. The lowest BCUT2D eigenvalue weighted by Gasteiger charge is -2.39. The summed E-state index contributed by atoms with van der Waals surface area (Å²) in [5.41, 5.74) is 0.256. The van der Waals surface area contributed by atoms with Gasteiger partial charge in [0, 0.05) is 18.2 Å². The van der Waals surface area contributed by atoms with Crippen molar-refractivity contribution in [3.8, 4) is 5.75 Å². The fourth-order valence-electron chi connectivity index (χ4n) is 4.42. The lowest BCUT2D eigenvalue weighted by Crippen LogP contribution is -2.57. The number of aryl methyl sites for hydroxylation is 1. The molecule has 0 heterocycles. The van der Waals surface area contributed by atoms with E-state index in [4.69, 9.17) is 4.74 Å². The molecule has 3 N–H and O–H groups in total. The van der Waals surface area contributed by atoms with Crippen molar-refractivity contribution in [2.45, 2.75) is 125 Å². The van der Waals surface area contributed by atoms with Crippen LogP contribution in [0.5, 0.6) is 5.75 Å². The Morgan fingerprint density at radius 1 is 1.03 bits per heavy atom. The van der Waals surface area contributed by atoms with Crippen LogP contribution in [0.2, 0.25) is 0 Å². The zero-order valence-electron chi connectivity index (χ0n) is 25.9. The van der Waals surface area contributed by atoms with E-state index in [9.17, 15) is 19.5 Å². The summed E-state index contributed by atoms with van der Waals surface area (Å²) < 4.78 is 5.45. The van der Waals surface area contributed by atoms with Gasteiger partial charge in [-0.3, -0.25) is 9.59 Å². The van der Waals surface area contributed by atoms with Crippen molar-refractivity contribution in [2.24, 2.45) is 11.8 Å². The number of aromatic hydroxyl groups is 1. The Bertz CT molecular complexity index is 939. The number of hydrogen-bond donors (Lipinski definition) is 3. The molecular formula is C31H53N3O5. The second kappa shape index (κ2) is 15.7. The second-order valence-electron chi connectivity index (χ2n) is 12.3. The maximum absolute atomic E-state index is 14.4. The van der Waals surface area contributed by atoms with Gasteiger partial charge in [-0.2, -0.15) is 0 Å². The van der Waals surface area contributed by atoms with Crippen molar-refractivity contribution in [3.05, 3.63) is 29.3 Å². The Kier molecular flexibility index (Phi) is 13.8. The van der Waals surface area contributed by atoms with Gasteiger partial charge >= 0.3 is 6.09 Å². The summed E-state index contributed by atoms with van der Waals surface area (Å²) in [7, 11) is 0. The van der Waals surface area contributed by atoms with Crippen LogP contribution in [-0.2, 0) is 14.3 Å². The molecule has 8 nitrogen and oxygen atoms in total. The molecule has 0 radical (unpaired) electrons. The Hall–Kier alpha value is -2.77. The summed E-state index contributed by atoms with van der Waals surface area (Å²) in [6.07, 6.45) is 3.63. The highest BCUT2D eigenvalue weighted by atomic mass is 16.6.